The van der Waals surface area contributed by atoms with Crippen molar-refractivity contribution in [2.45, 2.75) is 40.2 Å². The molecule has 0 aliphatic carbocycles. The van der Waals surface area contributed by atoms with Crippen molar-refractivity contribution in [3.8, 4) is 0 Å². The molecule has 1 aromatic heterocycles. The molecule has 0 saturated carbocycles. The fourth-order valence-electron chi connectivity index (χ4n) is 2.49. The lowest BCUT2D eigenvalue weighted by molar-refractivity contribution is 0.376. The Hall–Kier alpha value is -1.16. The highest BCUT2D eigenvalue weighted by Crippen LogP contribution is 2.16. The molecule has 1 atom stereocenters. The highest BCUT2D eigenvalue weighted by molar-refractivity contribution is 14.0. The van der Waals surface area contributed by atoms with Crippen molar-refractivity contribution < 1.29 is 4.52 Å². The first-order valence-corrected chi connectivity index (χ1v) is 9.45. The maximum atomic E-state index is 5.10. The van der Waals surface area contributed by atoms with E-state index in [2.05, 4.69) is 72.9 Å². The highest BCUT2D eigenvalue weighted by Gasteiger charge is 2.10. The minimum atomic E-state index is 0. The molecule has 144 valence electrons. The quantitative estimate of drug-likeness (QED) is 0.302. The van der Waals surface area contributed by atoms with E-state index in [4.69, 9.17) is 4.52 Å². The van der Waals surface area contributed by atoms with Crippen LogP contribution >= 0.6 is 39.9 Å². The molecule has 1 heterocycles. The number of hydrogen-bond acceptors (Lipinski definition) is 4. The van der Waals surface area contributed by atoms with Crippen LogP contribution in [0.3, 0.4) is 0 Å². The summed E-state index contributed by atoms with van der Waals surface area (Å²) in [7, 11) is 0. The number of hydrogen-bond donors (Lipinski definition) is 2. The van der Waals surface area contributed by atoms with Crippen molar-refractivity contribution in [2.75, 3.05) is 13.1 Å². The summed E-state index contributed by atoms with van der Waals surface area (Å²) in [6.07, 6.45) is 2.13. The van der Waals surface area contributed by atoms with Crippen molar-refractivity contribution in [3.63, 3.8) is 0 Å². The molecule has 0 fully saturated rings. The van der Waals surface area contributed by atoms with Gasteiger partial charge in [-0.25, -0.2) is 4.99 Å². The summed E-state index contributed by atoms with van der Waals surface area (Å²) in [5.74, 6) is 2.45. The summed E-state index contributed by atoms with van der Waals surface area (Å²) in [4.78, 5) is 8.69. The standard InChI is InChI=1S/C18H26BrN5O.HI/c1-4-14(9-15-7-6-8-16(19)10-15)11-21-18(20-5-2)22-12-17-23-13(3)24-25-17;/h6-8,10,14H,4-5,9,11-12H2,1-3H3,(H2,20,21,22);1H. The molecule has 0 aliphatic rings. The van der Waals surface area contributed by atoms with Crippen molar-refractivity contribution >= 4 is 45.9 Å². The highest BCUT2D eigenvalue weighted by atomic mass is 127. The van der Waals surface area contributed by atoms with Crippen LogP contribution in [-0.2, 0) is 13.0 Å². The molecule has 0 radical (unpaired) electrons. The van der Waals surface area contributed by atoms with Gasteiger partial charge >= 0.3 is 0 Å². The van der Waals surface area contributed by atoms with E-state index < -0.39 is 0 Å². The Morgan fingerprint density at radius 3 is 2.73 bits per heavy atom. The van der Waals surface area contributed by atoms with E-state index in [9.17, 15) is 0 Å². The number of aliphatic imine (C=N–C) groups is 1. The first kappa shape index (κ1) is 22.9. The number of aryl methyl sites for hydroxylation is 1. The normalized spacial score (nSPS) is 12.4. The van der Waals surface area contributed by atoms with Crippen molar-refractivity contribution in [1.82, 2.24) is 20.8 Å². The lowest BCUT2D eigenvalue weighted by Crippen LogP contribution is -2.40. The van der Waals surface area contributed by atoms with Crippen LogP contribution in [0.4, 0.5) is 0 Å². The van der Waals surface area contributed by atoms with E-state index >= 15 is 0 Å². The molecule has 1 aromatic carbocycles. The zero-order valence-corrected chi connectivity index (χ0v) is 19.4. The third-order valence-electron chi connectivity index (χ3n) is 3.84. The van der Waals surface area contributed by atoms with Gasteiger partial charge in [-0.2, -0.15) is 4.98 Å². The SMILES string of the molecule is CCNC(=NCc1nc(C)no1)NCC(CC)Cc1cccc(Br)c1.I. The molecule has 2 aromatic rings. The molecule has 26 heavy (non-hydrogen) atoms. The average molecular weight is 536 g/mol. The molecule has 2 N–H and O–H groups in total. The molecule has 0 spiro atoms. The van der Waals surface area contributed by atoms with E-state index in [0.717, 1.165) is 36.4 Å². The number of guanidine groups is 1. The zero-order valence-electron chi connectivity index (χ0n) is 15.5. The zero-order chi connectivity index (χ0) is 18.1. The van der Waals surface area contributed by atoms with Gasteiger partial charge in [-0.3, -0.25) is 0 Å². The van der Waals surface area contributed by atoms with Crippen LogP contribution in [0.2, 0.25) is 0 Å². The van der Waals surface area contributed by atoms with Gasteiger partial charge < -0.3 is 15.2 Å². The first-order valence-electron chi connectivity index (χ1n) is 8.66. The fraction of sp³-hybridized carbons (Fsp3) is 0.500. The third kappa shape index (κ3) is 8.03. The van der Waals surface area contributed by atoms with Crippen LogP contribution in [0, 0.1) is 12.8 Å². The van der Waals surface area contributed by atoms with Crippen LogP contribution in [0.25, 0.3) is 0 Å². The van der Waals surface area contributed by atoms with Gasteiger partial charge in [-0.05, 0) is 43.9 Å². The number of nitrogens with one attached hydrogen (secondary N) is 2. The van der Waals surface area contributed by atoms with E-state index in [1.165, 1.54) is 5.56 Å². The van der Waals surface area contributed by atoms with Gasteiger partial charge in [-0.1, -0.05) is 46.6 Å². The van der Waals surface area contributed by atoms with Crippen molar-refractivity contribution in [2.24, 2.45) is 10.9 Å². The molecule has 2 rings (SSSR count). The Labute approximate surface area is 180 Å². The Morgan fingerprint density at radius 1 is 1.31 bits per heavy atom. The summed E-state index contributed by atoms with van der Waals surface area (Å²) in [5.41, 5.74) is 1.34. The molecule has 8 heteroatoms. The number of halogens is 2. The summed E-state index contributed by atoms with van der Waals surface area (Å²) in [6.45, 7) is 8.10. The molecular formula is C18H27BrIN5O. The molecule has 0 saturated heterocycles. The van der Waals surface area contributed by atoms with Gasteiger partial charge in [0.2, 0.25) is 5.89 Å². The van der Waals surface area contributed by atoms with Gasteiger partial charge in [0.05, 0.1) is 0 Å². The predicted octanol–water partition coefficient (Wildman–Crippen LogP) is 4.08. The van der Waals surface area contributed by atoms with E-state index in [1.54, 1.807) is 6.92 Å². The minimum absolute atomic E-state index is 0. The van der Waals surface area contributed by atoms with Crippen LogP contribution in [-0.4, -0.2) is 29.2 Å². The predicted molar refractivity (Wildman–Crippen MR) is 119 cm³/mol. The largest absolute Gasteiger partial charge is 0.357 e. The minimum Gasteiger partial charge on any atom is -0.357 e. The number of nitrogens with zero attached hydrogens (tertiary/aromatic N) is 3. The number of rotatable bonds is 8. The summed E-state index contributed by atoms with van der Waals surface area (Å²) >= 11 is 3.54. The summed E-state index contributed by atoms with van der Waals surface area (Å²) < 4.78 is 6.22. The Balaban J connectivity index is 0.00000338. The van der Waals surface area contributed by atoms with Gasteiger partial charge in [-0.15, -0.1) is 24.0 Å². The van der Waals surface area contributed by atoms with Crippen molar-refractivity contribution in [3.05, 3.63) is 46.0 Å². The van der Waals surface area contributed by atoms with E-state index in [1.807, 2.05) is 6.92 Å². The fourth-order valence-corrected chi connectivity index (χ4v) is 2.94. The molecule has 6 nitrogen and oxygen atoms in total. The van der Waals surface area contributed by atoms with Gasteiger partial charge in [0.15, 0.2) is 11.8 Å². The maximum Gasteiger partial charge on any atom is 0.248 e. The molecule has 1 unspecified atom stereocenters. The lowest BCUT2D eigenvalue weighted by Gasteiger charge is -2.18. The third-order valence-corrected chi connectivity index (χ3v) is 4.33. The Kier molecular flexibility index (Phi) is 10.8. The number of benzene rings is 1. The van der Waals surface area contributed by atoms with E-state index in [0.29, 0.717) is 24.2 Å². The molecule has 0 amide bonds. The smallest absolute Gasteiger partial charge is 0.248 e. The van der Waals surface area contributed by atoms with Crippen LogP contribution < -0.4 is 10.6 Å². The summed E-state index contributed by atoms with van der Waals surface area (Å²) in [6, 6.07) is 8.49. The van der Waals surface area contributed by atoms with Gasteiger partial charge in [0.25, 0.3) is 0 Å². The van der Waals surface area contributed by atoms with Gasteiger partial charge in [0.1, 0.15) is 6.54 Å². The Bertz CT molecular complexity index is 692. The average Bonchev–Trinajstić information content (AvgIpc) is 3.01. The Morgan fingerprint density at radius 2 is 2.12 bits per heavy atom. The monoisotopic (exact) mass is 535 g/mol. The van der Waals surface area contributed by atoms with Gasteiger partial charge in [0, 0.05) is 17.6 Å². The van der Waals surface area contributed by atoms with Crippen LogP contribution in [0.1, 0.15) is 37.5 Å². The molecular weight excluding hydrogens is 509 g/mol. The van der Waals surface area contributed by atoms with Crippen molar-refractivity contribution in [1.29, 1.82) is 0 Å². The lowest BCUT2D eigenvalue weighted by atomic mass is 9.97. The second kappa shape index (κ2) is 12.3. The molecule has 0 bridgehead atoms. The van der Waals surface area contributed by atoms with Crippen LogP contribution in [0.5, 0.6) is 0 Å². The maximum absolute atomic E-state index is 5.10. The molecule has 0 aliphatic heterocycles. The number of aromatic nitrogens is 2. The summed E-state index contributed by atoms with van der Waals surface area (Å²) in [5, 5.41) is 10.5. The first-order chi connectivity index (χ1) is 12.1. The van der Waals surface area contributed by atoms with Crippen LogP contribution in [0.15, 0.2) is 38.3 Å². The second-order valence-corrected chi connectivity index (χ2v) is 6.84. The second-order valence-electron chi connectivity index (χ2n) is 5.92. The topological polar surface area (TPSA) is 75.3 Å². The van der Waals surface area contributed by atoms with E-state index in [-0.39, 0.29) is 24.0 Å².